The Morgan fingerprint density at radius 1 is 1.26 bits per heavy atom. The van der Waals surface area contributed by atoms with E-state index in [2.05, 4.69) is 10.3 Å². The summed E-state index contributed by atoms with van der Waals surface area (Å²) in [4.78, 5) is 16.4. The molecule has 120 valence electrons. The largest absolute Gasteiger partial charge is 0.489 e. The molecule has 0 saturated carbocycles. The molecule has 1 aliphatic heterocycles. The van der Waals surface area contributed by atoms with Crippen LogP contribution in [0.1, 0.15) is 35.3 Å². The van der Waals surface area contributed by atoms with Crippen LogP contribution in [-0.2, 0) is 0 Å². The average molecular weight is 333 g/mol. The first-order chi connectivity index (χ1) is 11.1. The standard InChI is InChI=1S/C17H17ClN2O3/c1-11(12-3-5-19-6-4-12)20-17(21)13-9-14(18)16-15(10-13)22-7-2-8-23-16/h3-6,9-11H,2,7-8H2,1H3,(H,20,21). The number of carbonyl (C=O) groups excluding carboxylic acids is 1. The van der Waals surface area contributed by atoms with Gasteiger partial charge in [-0.2, -0.15) is 0 Å². The van der Waals surface area contributed by atoms with Crippen LogP contribution in [0.2, 0.25) is 5.02 Å². The number of hydrogen-bond donors (Lipinski definition) is 1. The number of carbonyl (C=O) groups is 1. The van der Waals surface area contributed by atoms with E-state index in [4.69, 9.17) is 21.1 Å². The third kappa shape index (κ3) is 3.56. The monoisotopic (exact) mass is 332 g/mol. The van der Waals surface area contributed by atoms with E-state index in [1.165, 1.54) is 0 Å². The summed E-state index contributed by atoms with van der Waals surface area (Å²) in [6, 6.07) is 6.86. The molecular formula is C17H17ClN2O3. The van der Waals surface area contributed by atoms with Crippen molar-refractivity contribution in [3.8, 4) is 11.5 Å². The maximum absolute atomic E-state index is 12.5. The Bertz CT molecular complexity index is 706. The number of fused-ring (bicyclic) bond motifs is 1. The zero-order chi connectivity index (χ0) is 16.2. The van der Waals surface area contributed by atoms with Crippen molar-refractivity contribution in [2.45, 2.75) is 19.4 Å². The van der Waals surface area contributed by atoms with Gasteiger partial charge in [-0.15, -0.1) is 0 Å². The highest BCUT2D eigenvalue weighted by molar-refractivity contribution is 6.32. The minimum absolute atomic E-state index is 0.139. The van der Waals surface area contributed by atoms with Crippen LogP contribution in [0, 0.1) is 0 Å². The fourth-order valence-corrected chi connectivity index (χ4v) is 2.64. The molecule has 5 nitrogen and oxygen atoms in total. The molecule has 6 heteroatoms. The number of amides is 1. The van der Waals surface area contributed by atoms with Crippen molar-refractivity contribution in [2.75, 3.05) is 13.2 Å². The second-order valence-corrected chi connectivity index (χ2v) is 5.72. The van der Waals surface area contributed by atoms with Gasteiger partial charge in [0.15, 0.2) is 11.5 Å². The van der Waals surface area contributed by atoms with E-state index in [0.29, 0.717) is 35.3 Å². The first-order valence-electron chi connectivity index (χ1n) is 7.45. The predicted molar refractivity (Wildman–Crippen MR) is 87.2 cm³/mol. The zero-order valence-electron chi connectivity index (χ0n) is 12.7. The number of nitrogens with one attached hydrogen (secondary N) is 1. The molecule has 0 radical (unpaired) electrons. The maximum Gasteiger partial charge on any atom is 0.251 e. The van der Waals surface area contributed by atoms with Gasteiger partial charge in [-0.25, -0.2) is 0 Å². The molecule has 1 aromatic heterocycles. The van der Waals surface area contributed by atoms with Crippen molar-refractivity contribution in [1.82, 2.24) is 10.3 Å². The second-order valence-electron chi connectivity index (χ2n) is 5.31. The lowest BCUT2D eigenvalue weighted by Crippen LogP contribution is -2.26. The summed E-state index contributed by atoms with van der Waals surface area (Å²) in [5, 5.41) is 3.32. The molecule has 1 N–H and O–H groups in total. The van der Waals surface area contributed by atoms with E-state index in [1.54, 1.807) is 24.5 Å². The molecule has 3 rings (SSSR count). The Kier molecular flexibility index (Phi) is 4.67. The fourth-order valence-electron chi connectivity index (χ4n) is 2.38. The van der Waals surface area contributed by atoms with Crippen molar-refractivity contribution in [3.63, 3.8) is 0 Å². The molecule has 2 aromatic rings. The maximum atomic E-state index is 12.5. The summed E-state index contributed by atoms with van der Waals surface area (Å²) < 4.78 is 11.2. The summed E-state index contributed by atoms with van der Waals surface area (Å²) in [5.74, 6) is 0.798. The third-order valence-corrected chi connectivity index (χ3v) is 3.90. The first kappa shape index (κ1) is 15.6. The van der Waals surface area contributed by atoms with Gasteiger partial charge in [0.05, 0.1) is 24.3 Å². The minimum Gasteiger partial charge on any atom is -0.489 e. The lowest BCUT2D eigenvalue weighted by molar-refractivity contribution is 0.0939. The summed E-state index contributed by atoms with van der Waals surface area (Å²) in [6.45, 7) is 3.01. The number of hydrogen-bond acceptors (Lipinski definition) is 4. The first-order valence-corrected chi connectivity index (χ1v) is 7.83. The molecule has 0 spiro atoms. The minimum atomic E-state index is -0.216. The molecule has 23 heavy (non-hydrogen) atoms. The van der Waals surface area contributed by atoms with E-state index >= 15 is 0 Å². The van der Waals surface area contributed by atoms with E-state index in [0.717, 1.165) is 12.0 Å². The van der Waals surface area contributed by atoms with E-state index in [1.807, 2.05) is 19.1 Å². The normalized spacial score (nSPS) is 14.7. The van der Waals surface area contributed by atoms with Gasteiger partial charge in [0, 0.05) is 24.4 Å². The highest BCUT2D eigenvalue weighted by Crippen LogP contribution is 2.38. The Morgan fingerprint density at radius 2 is 2.00 bits per heavy atom. The van der Waals surface area contributed by atoms with Crippen molar-refractivity contribution < 1.29 is 14.3 Å². The number of aromatic nitrogens is 1. The topological polar surface area (TPSA) is 60.5 Å². The quantitative estimate of drug-likeness (QED) is 0.936. The van der Waals surface area contributed by atoms with E-state index < -0.39 is 0 Å². The van der Waals surface area contributed by atoms with Gasteiger partial charge in [0.25, 0.3) is 5.91 Å². The third-order valence-electron chi connectivity index (χ3n) is 3.62. The Balaban J connectivity index is 1.80. The van der Waals surface area contributed by atoms with Crippen LogP contribution >= 0.6 is 11.6 Å². The van der Waals surface area contributed by atoms with E-state index in [9.17, 15) is 4.79 Å². The highest BCUT2D eigenvalue weighted by Gasteiger charge is 2.19. The number of nitrogens with zero attached hydrogens (tertiary/aromatic N) is 1. The number of ether oxygens (including phenoxy) is 2. The van der Waals surface area contributed by atoms with Gasteiger partial charge in [-0.1, -0.05) is 11.6 Å². The lowest BCUT2D eigenvalue weighted by Gasteiger charge is -2.16. The molecular weight excluding hydrogens is 316 g/mol. The molecule has 0 aliphatic carbocycles. The molecule has 1 aliphatic rings. The number of rotatable bonds is 3. The lowest BCUT2D eigenvalue weighted by atomic mass is 10.1. The van der Waals surface area contributed by atoms with Crippen LogP contribution in [-0.4, -0.2) is 24.1 Å². The molecule has 0 bridgehead atoms. The fraction of sp³-hybridized carbons (Fsp3) is 0.294. The zero-order valence-corrected chi connectivity index (χ0v) is 13.5. The summed E-state index contributed by atoms with van der Waals surface area (Å²) in [7, 11) is 0. The van der Waals surface area contributed by atoms with E-state index in [-0.39, 0.29) is 11.9 Å². The van der Waals surface area contributed by atoms with Gasteiger partial charge in [0.2, 0.25) is 0 Å². The molecule has 0 saturated heterocycles. The van der Waals surface area contributed by atoms with Gasteiger partial charge in [0.1, 0.15) is 0 Å². The van der Waals surface area contributed by atoms with Gasteiger partial charge in [-0.05, 0) is 36.8 Å². The van der Waals surface area contributed by atoms with Crippen LogP contribution in [0.5, 0.6) is 11.5 Å². The molecule has 0 fully saturated rings. The van der Waals surface area contributed by atoms with Crippen molar-refractivity contribution in [1.29, 1.82) is 0 Å². The van der Waals surface area contributed by atoms with Crippen LogP contribution in [0.15, 0.2) is 36.7 Å². The highest BCUT2D eigenvalue weighted by atomic mass is 35.5. The van der Waals surface area contributed by atoms with Crippen LogP contribution in [0.25, 0.3) is 0 Å². The predicted octanol–water partition coefficient (Wildman–Crippen LogP) is 3.39. The summed E-state index contributed by atoms with van der Waals surface area (Å²) >= 11 is 6.22. The number of pyridine rings is 1. The van der Waals surface area contributed by atoms with Crippen molar-refractivity contribution in [2.24, 2.45) is 0 Å². The molecule has 1 unspecified atom stereocenters. The summed E-state index contributed by atoms with van der Waals surface area (Å²) in [6.07, 6.45) is 4.18. The smallest absolute Gasteiger partial charge is 0.251 e. The molecule has 2 heterocycles. The van der Waals surface area contributed by atoms with Crippen LogP contribution in [0.4, 0.5) is 0 Å². The Hall–Kier alpha value is -2.27. The van der Waals surface area contributed by atoms with Crippen molar-refractivity contribution in [3.05, 3.63) is 52.8 Å². The van der Waals surface area contributed by atoms with Crippen molar-refractivity contribution >= 4 is 17.5 Å². The number of halogens is 1. The average Bonchev–Trinajstić information content (AvgIpc) is 2.81. The van der Waals surface area contributed by atoms with Gasteiger partial charge >= 0.3 is 0 Å². The van der Waals surface area contributed by atoms with Gasteiger partial charge in [-0.3, -0.25) is 9.78 Å². The van der Waals surface area contributed by atoms with Crippen LogP contribution < -0.4 is 14.8 Å². The van der Waals surface area contributed by atoms with Crippen LogP contribution in [0.3, 0.4) is 0 Å². The Morgan fingerprint density at radius 3 is 2.78 bits per heavy atom. The summed E-state index contributed by atoms with van der Waals surface area (Å²) in [5.41, 5.74) is 1.42. The second kappa shape index (κ2) is 6.87. The van der Waals surface area contributed by atoms with Gasteiger partial charge < -0.3 is 14.8 Å². The molecule has 1 atom stereocenters. The Labute approximate surface area is 139 Å². The number of benzene rings is 1. The molecule has 1 aromatic carbocycles. The SMILES string of the molecule is CC(NC(=O)c1cc(Cl)c2c(c1)OCCCO2)c1ccncc1. The molecule has 1 amide bonds.